The summed E-state index contributed by atoms with van der Waals surface area (Å²) in [6.07, 6.45) is 1.30. The zero-order chi connectivity index (χ0) is 5.28. The topological polar surface area (TPSA) is 24.1 Å². The highest BCUT2D eigenvalue weighted by Gasteiger charge is 2.33. The highest BCUT2D eigenvalue weighted by atomic mass is 15.1. The van der Waals surface area contributed by atoms with E-state index in [2.05, 4.69) is 10.6 Å². The van der Waals surface area contributed by atoms with Gasteiger partial charge in [-0.3, -0.25) is 0 Å². The molecule has 2 heteroatoms. The average Bonchev–Trinajstić information content (AvgIpc) is 2.43. The van der Waals surface area contributed by atoms with E-state index in [0.29, 0.717) is 0 Å². The van der Waals surface area contributed by atoms with Crippen molar-refractivity contribution in [1.29, 1.82) is 0 Å². The number of hydrogen-bond donors (Lipinski definition) is 2. The van der Waals surface area contributed by atoms with Gasteiger partial charge in [-0.2, -0.15) is 0 Å². The predicted octanol–water partition coefficient (Wildman–Crippen LogP) is -0.434. The van der Waals surface area contributed by atoms with Crippen molar-refractivity contribution in [3.8, 4) is 0 Å². The van der Waals surface area contributed by atoms with Crippen molar-refractivity contribution in [1.82, 2.24) is 10.6 Å². The number of hydrogen-bond acceptors (Lipinski definition) is 2. The summed E-state index contributed by atoms with van der Waals surface area (Å²) in [5.74, 6) is 0. The third-order valence-electron chi connectivity index (χ3n) is 1.53. The fourth-order valence-corrected chi connectivity index (χ4v) is 0.833. The SMILES string of the molecule is CNC1CC1NC. The third kappa shape index (κ3) is 0.924. The van der Waals surface area contributed by atoms with Crippen LogP contribution in [0.25, 0.3) is 0 Å². The fourth-order valence-electron chi connectivity index (χ4n) is 0.833. The molecule has 1 fully saturated rings. The Morgan fingerprint density at radius 2 is 1.57 bits per heavy atom. The lowest BCUT2D eigenvalue weighted by atomic mass is 10.6. The second kappa shape index (κ2) is 1.80. The number of rotatable bonds is 2. The van der Waals surface area contributed by atoms with Gasteiger partial charge in [0.2, 0.25) is 0 Å². The van der Waals surface area contributed by atoms with E-state index >= 15 is 0 Å². The van der Waals surface area contributed by atoms with Gasteiger partial charge in [-0.05, 0) is 20.5 Å². The molecule has 2 nitrogen and oxygen atoms in total. The van der Waals surface area contributed by atoms with Crippen LogP contribution in [0, 0.1) is 0 Å². The lowest BCUT2D eigenvalue weighted by Crippen LogP contribution is -2.21. The molecule has 1 aliphatic rings. The monoisotopic (exact) mass is 100 g/mol. The van der Waals surface area contributed by atoms with Crippen molar-refractivity contribution in [2.45, 2.75) is 18.5 Å². The fraction of sp³-hybridized carbons (Fsp3) is 1.00. The van der Waals surface area contributed by atoms with Crippen LogP contribution in [0.5, 0.6) is 0 Å². The van der Waals surface area contributed by atoms with Crippen LogP contribution in [0.2, 0.25) is 0 Å². The van der Waals surface area contributed by atoms with Crippen molar-refractivity contribution in [2.24, 2.45) is 0 Å². The summed E-state index contributed by atoms with van der Waals surface area (Å²) in [5.41, 5.74) is 0. The lowest BCUT2D eigenvalue weighted by Gasteiger charge is -1.91. The molecule has 1 rings (SSSR count). The summed E-state index contributed by atoms with van der Waals surface area (Å²) >= 11 is 0. The Morgan fingerprint density at radius 3 is 1.71 bits per heavy atom. The summed E-state index contributed by atoms with van der Waals surface area (Å²) in [4.78, 5) is 0. The van der Waals surface area contributed by atoms with Gasteiger partial charge in [0.05, 0.1) is 0 Å². The van der Waals surface area contributed by atoms with Crippen LogP contribution in [0.1, 0.15) is 6.42 Å². The van der Waals surface area contributed by atoms with Gasteiger partial charge in [0.25, 0.3) is 0 Å². The molecule has 1 saturated carbocycles. The van der Waals surface area contributed by atoms with Crippen LogP contribution < -0.4 is 10.6 Å². The van der Waals surface area contributed by atoms with Crippen molar-refractivity contribution >= 4 is 0 Å². The summed E-state index contributed by atoms with van der Waals surface area (Å²) in [7, 11) is 4.00. The molecule has 42 valence electrons. The van der Waals surface area contributed by atoms with Gasteiger partial charge in [-0.15, -0.1) is 0 Å². The Kier molecular flexibility index (Phi) is 1.30. The molecule has 0 spiro atoms. The van der Waals surface area contributed by atoms with Crippen molar-refractivity contribution in [3.05, 3.63) is 0 Å². The van der Waals surface area contributed by atoms with Gasteiger partial charge in [-0.25, -0.2) is 0 Å². The minimum absolute atomic E-state index is 0.755. The van der Waals surface area contributed by atoms with E-state index in [1.807, 2.05) is 14.1 Å². The van der Waals surface area contributed by atoms with E-state index in [4.69, 9.17) is 0 Å². The lowest BCUT2D eigenvalue weighted by molar-refractivity contribution is 0.708. The Labute approximate surface area is 44.3 Å². The van der Waals surface area contributed by atoms with Crippen LogP contribution in [-0.4, -0.2) is 26.2 Å². The highest BCUT2D eigenvalue weighted by molar-refractivity contribution is 4.97. The molecule has 0 bridgehead atoms. The van der Waals surface area contributed by atoms with Gasteiger partial charge in [-0.1, -0.05) is 0 Å². The number of likely N-dealkylation sites (N-methyl/N-ethyl adjacent to an activating group) is 2. The van der Waals surface area contributed by atoms with Gasteiger partial charge in [0.1, 0.15) is 0 Å². The minimum atomic E-state index is 0.755. The summed E-state index contributed by atoms with van der Waals surface area (Å²) < 4.78 is 0. The first-order valence-electron chi connectivity index (χ1n) is 2.73. The Bertz CT molecular complexity index is 55.1. The Balaban J connectivity index is 2.06. The molecule has 0 aromatic heterocycles. The molecule has 2 unspecified atom stereocenters. The molecule has 1 aliphatic carbocycles. The maximum atomic E-state index is 3.18. The van der Waals surface area contributed by atoms with Crippen LogP contribution >= 0.6 is 0 Å². The molecule has 0 aromatic rings. The maximum absolute atomic E-state index is 3.18. The van der Waals surface area contributed by atoms with Crippen LogP contribution in [0.3, 0.4) is 0 Å². The van der Waals surface area contributed by atoms with E-state index in [1.54, 1.807) is 0 Å². The van der Waals surface area contributed by atoms with Gasteiger partial charge in [0, 0.05) is 12.1 Å². The van der Waals surface area contributed by atoms with Crippen molar-refractivity contribution in [2.75, 3.05) is 14.1 Å². The molecule has 0 amide bonds. The molecule has 7 heavy (non-hydrogen) atoms. The number of nitrogens with one attached hydrogen (secondary N) is 2. The van der Waals surface area contributed by atoms with E-state index in [0.717, 1.165) is 12.1 Å². The minimum Gasteiger partial charge on any atom is -0.315 e. The average molecular weight is 100 g/mol. The summed E-state index contributed by atoms with van der Waals surface area (Å²) in [6, 6.07) is 1.51. The first-order valence-corrected chi connectivity index (χ1v) is 2.73. The smallest absolute Gasteiger partial charge is 0.0234 e. The van der Waals surface area contributed by atoms with E-state index in [1.165, 1.54) is 6.42 Å². The largest absolute Gasteiger partial charge is 0.315 e. The van der Waals surface area contributed by atoms with Gasteiger partial charge >= 0.3 is 0 Å². The molecule has 0 saturated heterocycles. The summed E-state index contributed by atoms with van der Waals surface area (Å²) in [5, 5.41) is 6.35. The van der Waals surface area contributed by atoms with Crippen LogP contribution in [0.4, 0.5) is 0 Å². The third-order valence-corrected chi connectivity index (χ3v) is 1.53. The molecule has 0 aromatic carbocycles. The zero-order valence-corrected chi connectivity index (χ0v) is 4.86. The van der Waals surface area contributed by atoms with Crippen LogP contribution in [0.15, 0.2) is 0 Å². The Hall–Kier alpha value is -0.0800. The predicted molar refractivity (Wildman–Crippen MR) is 30.3 cm³/mol. The second-order valence-corrected chi connectivity index (χ2v) is 2.03. The van der Waals surface area contributed by atoms with Crippen molar-refractivity contribution < 1.29 is 0 Å². The van der Waals surface area contributed by atoms with Gasteiger partial charge < -0.3 is 10.6 Å². The molecule has 2 atom stereocenters. The zero-order valence-electron chi connectivity index (χ0n) is 4.86. The Morgan fingerprint density at radius 1 is 1.14 bits per heavy atom. The molecular formula is C5H12N2. The molecular weight excluding hydrogens is 88.1 g/mol. The summed E-state index contributed by atoms with van der Waals surface area (Å²) in [6.45, 7) is 0. The van der Waals surface area contributed by atoms with E-state index in [9.17, 15) is 0 Å². The van der Waals surface area contributed by atoms with Crippen molar-refractivity contribution in [3.63, 3.8) is 0 Å². The first-order chi connectivity index (χ1) is 3.38. The molecule has 2 N–H and O–H groups in total. The standard InChI is InChI=1S/C5H12N2/c1-6-4-3-5(4)7-2/h4-7H,3H2,1-2H3. The molecule has 0 radical (unpaired) electrons. The second-order valence-electron chi connectivity index (χ2n) is 2.03. The normalized spacial score (nSPS) is 38.6. The molecule has 0 heterocycles. The quantitative estimate of drug-likeness (QED) is 0.492. The van der Waals surface area contributed by atoms with E-state index < -0.39 is 0 Å². The molecule has 0 aliphatic heterocycles. The first kappa shape index (κ1) is 5.06. The van der Waals surface area contributed by atoms with Gasteiger partial charge in [0.15, 0.2) is 0 Å². The van der Waals surface area contributed by atoms with Crippen LogP contribution in [-0.2, 0) is 0 Å². The maximum Gasteiger partial charge on any atom is 0.0234 e. The van der Waals surface area contributed by atoms with E-state index in [-0.39, 0.29) is 0 Å². The highest BCUT2D eigenvalue weighted by Crippen LogP contribution is 2.18.